The molecule has 1 aromatic carbocycles. The highest BCUT2D eigenvalue weighted by Crippen LogP contribution is 2.16. The van der Waals surface area contributed by atoms with Crippen molar-refractivity contribution in [1.29, 1.82) is 0 Å². The van der Waals surface area contributed by atoms with E-state index in [0.717, 1.165) is 49.1 Å². The summed E-state index contributed by atoms with van der Waals surface area (Å²) in [7, 11) is 0. The smallest absolute Gasteiger partial charge is 0.252 e. The van der Waals surface area contributed by atoms with Crippen molar-refractivity contribution >= 4 is 28.1 Å². The SMILES string of the molecule is Cc1ccc2[nH]c(=O)c(CN3CCN(C(=O)CCc4cccs4)CC3)cc2c1. The van der Waals surface area contributed by atoms with Crippen molar-refractivity contribution in [1.82, 2.24) is 14.8 Å². The summed E-state index contributed by atoms with van der Waals surface area (Å²) in [5.74, 6) is 0.229. The molecule has 0 radical (unpaired) electrons. The van der Waals surface area contributed by atoms with Crippen LogP contribution >= 0.6 is 11.3 Å². The fourth-order valence-corrected chi connectivity index (χ4v) is 4.44. The molecule has 0 spiro atoms. The summed E-state index contributed by atoms with van der Waals surface area (Å²) in [5, 5.41) is 3.12. The molecule has 1 aliphatic rings. The Morgan fingerprint density at radius 1 is 1.14 bits per heavy atom. The number of aromatic amines is 1. The van der Waals surface area contributed by atoms with Gasteiger partial charge in [0.15, 0.2) is 0 Å². The van der Waals surface area contributed by atoms with Crippen molar-refractivity contribution in [3.05, 3.63) is 68.1 Å². The number of hydrogen-bond donors (Lipinski definition) is 1. The van der Waals surface area contributed by atoms with E-state index >= 15 is 0 Å². The van der Waals surface area contributed by atoms with Crippen molar-refractivity contribution in [2.45, 2.75) is 26.3 Å². The highest BCUT2D eigenvalue weighted by molar-refractivity contribution is 7.09. The number of pyridine rings is 1. The average Bonchev–Trinajstić information content (AvgIpc) is 3.21. The first kappa shape index (κ1) is 18.9. The maximum Gasteiger partial charge on any atom is 0.252 e. The number of carbonyl (C=O) groups is 1. The molecule has 0 atom stereocenters. The normalized spacial score (nSPS) is 15.2. The van der Waals surface area contributed by atoms with Crippen LogP contribution in [0.3, 0.4) is 0 Å². The maximum absolute atomic E-state index is 12.4. The Kier molecular flexibility index (Phi) is 5.59. The van der Waals surface area contributed by atoms with Gasteiger partial charge in [-0.1, -0.05) is 17.7 Å². The van der Waals surface area contributed by atoms with E-state index in [9.17, 15) is 9.59 Å². The van der Waals surface area contributed by atoms with Gasteiger partial charge in [-0.15, -0.1) is 11.3 Å². The molecular weight excluding hydrogens is 370 g/mol. The number of amides is 1. The molecule has 28 heavy (non-hydrogen) atoms. The monoisotopic (exact) mass is 395 g/mol. The van der Waals surface area contributed by atoms with Crippen LogP contribution in [0, 0.1) is 6.92 Å². The fraction of sp³-hybridized carbons (Fsp3) is 0.364. The van der Waals surface area contributed by atoms with Gasteiger partial charge in [-0.05, 0) is 48.4 Å². The number of piperazine rings is 1. The van der Waals surface area contributed by atoms with Gasteiger partial charge in [0.05, 0.1) is 0 Å². The third-order valence-corrected chi connectivity index (χ3v) is 6.30. The summed E-state index contributed by atoms with van der Waals surface area (Å²) in [4.78, 5) is 33.3. The molecule has 1 saturated heterocycles. The van der Waals surface area contributed by atoms with Crippen LogP contribution in [0.2, 0.25) is 0 Å². The van der Waals surface area contributed by atoms with Crippen LogP contribution in [0.1, 0.15) is 22.4 Å². The third-order valence-electron chi connectivity index (χ3n) is 5.36. The standard InChI is InChI=1S/C22H25N3O2S/c1-16-4-6-20-17(13-16)14-18(22(27)23-20)15-24-8-10-25(11-9-24)21(26)7-5-19-3-2-12-28-19/h2-4,6,12-14H,5,7-11,15H2,1H3,(H,23,27). The van der Waals surface area contributed by atoms with Crippen LogP contribution in [0.25, 0.3) is 10.9 Å². The lowest BCUT2D eigenvalue weighted by molar-refractivity contribution is -0.132. The van der Waals surface area contributed by atoms with Crippen LogP contribution in [-0.4, -0.2) is 46.9 Å². The van der Waals surface area contributed by atoms with Crippen LogP contribution in [0.5, 0.6) is 0 Å². The summed E-state index contributed by atoms with van der Waals surface area (Å²) in [6.07, 6.45) is 1.40. The summed E-state index contributed by atoms with van der Waals surface area (Å²) < 4.78 is 0. The molecule has 3 aromatic rings. The van der Waals surface area contributed by atoms with E-state index in [-0.39, 0.29) is 11.5 Å². The number of thiophene rings is 1. The maximum atomic E-state index is 12.4. The van der Waals surface area contributed by atoms with Crippen molar-refractivity contribution < 1.29 is 4.79 Å². The molecular formula is C22H25N3O2S. The Labute approximate surface area is 168 Å². The zero-order valence-corrected chi connectivity index (χ0v) is 16.9. The number of carbonyl (C=O) groups excluding carboxylic acids is 1. The van der Waals surface area contributed by atoms with Crippen LogP contribution in [0.15, 0.2) is 46.6 Å². The number of rotatable bonds is 5. The molecule has 6 heteroatoms. The molecule has 146 valence electrons. The van der Waals surface area contributed by atoms with Crippen LogP contribution in [0.4, 0.5) is 0 Å². The highest BCUT2D eigenvalue weighted by Gasteiger charge is 2.21. The van der Waals surface area contributed by atoms with E-state index in [1.807, 2.05) is 34.5 Å². The van der Waals surface area contributed by atoms with E-state index in [2.05, 4.69) is 28.9 Å². The fourth-order valence-electron chi connectivity index (χ4n) is 3.73. The van der Waals surface area contributed by atoms with Crippen molar-refractivity contribution in [2.24, 2.45) is 0 Å². The first-order valence-electron chi connectivity index (χ1n) is 9.73. The van der Waals surface area contributed by atoms with Gasteiger partial charge in [0.2, 0.25) is 5.91 Å². The predicted molar refractivity (Wildman–Crippen MR) is 114 cm³/mol. The third kappa shape index (κ3) is 4.34. The zero-order chi connectivity index (χ0) is 19.5. The minimum Gasteiger partial charge on any atom is -0.340 e. The number of nitrogens with zero attached hydrogens (tertiary/aromatic N) is 2. The second-order valence-electron chi connectivity index (χ2n) is 7.45. The summed E-state index contributed by atoms with van der Waals surface area (Å²) in [5.41, 5.74) is 2.82. The average molecular weight is 396 g/mol. The minimum absolute atomic E-state index is 0.0224. The van der Waals surface area contributed by atoms with Gasteiger partial charge in [-0.2, -0.15) is 0 Å². The van der Waals surface area contributed by atoms with E-state index < -0.39 is 0 Å². The van der Waals surface area contributed by atoms with E-state index in [1.54, 1.807) is 11.3 Å². The number of fused-ring (bicyclic) bond motifs is 1. The van der Waals surface area contributed by atoms with Gasteiger partial charge in [-0.3, -0.25) is 14.5 Å². The summed E-state index contributed by atoms with van der Waals surface area (Å²) in [6, 6.07) is 12.2. The van der Waals surface area contributed by atoms with Gasteiger partial charge >= 0.3 is 0 Å². The number of hydrogen-bond acceptors (Lipinski definition) is 4. The largest absolute Gasteiger partial charge is 0.340 e. The lowest BCUT2D eigenvalue weighted by atomic mass is 10.1. The number of aryl methyl sites for hydroxylation is 2. The molecule has 4 rings (SSSR count). The van der Waals surface area contributed by atoms with Gasteiger partial charge in [-0.25, -0.2) is 0 Å². The lowest BCUT2D eigenvalue weighted by Gasteiger charge is -2.34. The quantitative estimate of drug-likeness (QED) is 0.722. The first-order valence-corrected chi connectivity index (χ1v) is 10.6. The minimum atomic E-state index is -0.0224. The van der Waals surface area contributed by atoms with Crippen molar-refractivity contribution in [3.63, 3.8) is 0 Å². The van der Waals surface area contributed by atoms with Gasteiger partial charge in [0.25, 0.3) is 5.56 Å². The first-order chi connectivity index (χ1) is 13.6. The molecule has 1 fully saturated rings. The van der Waals surface area contributed by atoms with Crippen molar-refractivity contribution in [2.75, 3.05) is 26.2 Å². The number of nitrogens with one attached hydrogen (secondary N) is 1. The topological polar surface area (TPSA) is 56.4 Å². The van der Waals surface area contributed by atoms with Gasteiger partial charge in [0, 0.05) is 55.1 Å². The Balaban J connectivity index is 1.34. The van der Waals surface area contributed by atoms with Gasteiger partial charge in [0.1, 0.15) is 0 Å². The Bertz CT molecular complexity index is 1020. The van der Waals surface area contributed by atoms with E-state index in [1.165, 1.54) is 10.4 Å². The lowest BCUT2D eigenvalue weighted by Crippen LogP contribution is -2.48. The highest BCUT2D eigenvalue weighted by atomic mass is 32.1. The Morgan fingerprint density at radius 3 is 2.71 bits per heavy atom. The van der Waals surface area contributed by atoms with Gasteiger partial charge < -0.3 is 9.88 Å². The Hall–Kier alpha value is -2.44. The molecule has 0 unspecified atom stereocenters. The number of aromatic nitrogens is 1. The van der Waals surface area contributed by atoms with Crippen LogP contribution < -0.4 is 5.56 Å². The zero-order valence-electron chi connectivity index (χ0n) is 16.1. The van der Waals surface area contributed by atoms with E-state index in [4.69, 9.17) is 0 Å². The molecule has 5 nitrogen and oxygen atoms in total. The second-order valence-corrected chi connectivity index (χ2v) is 8.48. The Morgan fingerprint density at radius 2 is 1.96 bits per heavy atom. The molecule has 0 aliphatic carbocycles. The number of benzene rings is 1. The van der Waals surface area contributed by atoms with Crippen molar-refractivity contribution in [3.8, 4) is 0 Å². The molecule has 1 aliphatic heterocycles. The predicted octanol–water partition coefficient (Wildman–Crippen LogP) is 3.18. The molecule has 3 heterocycles. The molecule has 0 bridgehead atoms. The molecule has 2 aromatic heterocycles. The molecule has 1 amide bonds. The number of H-pyrrole nitrogens is 1. The summed E-state index contributed by atoms with van der Waals surface area (Å²) >= 11 is 1.70. The second kappa shape index (κ2) is 8.29. The molecule has 0 saturated carbocycles. The van der Waals surface area contributed by atoms with Crippen LogP contribution in [-0.2, 0) is 17.8 Å². The van der Waals surface area contributed by atoms with E-state index in [0.29, 0.717) is 13.0 Å². The molecule has 1 N–H and O–H groups in total. The summed E-state index contributed by atoms with van der Waals surface area (Å²) in [6.45, 7) is 5.74.